The van der Waals surface area contributed by atoms with Gasteiger partial charge in [-0.25, -0.2) is 0 Å². The van der Waals surface area contributed by atoms with Gasteiger partial charge in [0.25, 0.3) is 0 Å². The molecule has 0 heterocycles. The molecule has 1 atom stereocenters. The Hall–Kier alpha value is -0.900. The van der Waals surface area contributed by atoms with Crippen LogP contribution in [0, 0.1) is 5.92 Å². The molecule has 76 valence electrons. The number of nitrogens with zero attached hydrogens (tertiary/aromatic N) is 1. The highest BCUT2D eigenvalue weighted by Gasteiger charge is 2.13. The summed E-state index contributed by atoms with van der Waals surface area (Å²) in [5, 5.41) is 2.57. The normalized spacial score (nSPS) is 12.7. The highest BCUT2D eigenvalue weighted by molar-refractivity contribution is 5.79. The Morgan fingerprint density at radius 3 is 2.38 bits per heavy atom. The SMILES string of the molecule is CNC(=O)C(C)CN(C)CC(C)=O. The molecule has 1 amide bonds. The first-order chi connectivity index (χ1) is 5.97. The summed E-state index contributed by atoms with van der Waals surface area (Å²) in [5.74, 6) is 0.0522. The van der Waals surface area contributed by atoms with Crippen LogP contribution in [0.3, 0.4) is 0 Å². The molecule has 0 aromatic rings. The van der Waals surface area contributed by atoms with E-state index in [1.54, 1.807) is 14.0 Å². The second-order valence-electron chi connectivity index (χ2n) is 3.41. The van der Waals surface area contributed by atoms with Crippen LogP contribution in [0.4, 0.5) is 0 Å². The van der Waals surface area contributed by atoms with Crippen LogP contribution in [0.25, 0.3) is 0 Å². The van der Waals surface area contributed by atoms with E-state index in [4.69, 9.17) is 0 Å². The molecule has 0 aromatic carbocycles. The summed E-state index contributed by atoms with van der Waals surface area (Å²) in [4.78, 5) is 23.7. The van der Waals surface area contributed by atoms with Crippen molar-refractivity contribution in [1.82, 2.24) is 10.2 Å². The van der Waals surface area contributed by atoms with Gasteiger partial charge >= 0.3 is 0 Å². The molecule has 4 heteroatoms. The summed E-state index contributed by atoms with van der Waals surface area (Å²) >= 11 is 0. The Morgan fingerprint density at radius 1 is 1.46 bits per heavy atom. The van der Waals surface area contributed by atoms with E-state index >= 15 is 0 Å². The molecular formula is C9H18N2O2. The first-order valence-corrected chi connectivity index (χ1v) is 4.37. The Kier molecular flexibility index (Phi) is 5.30. The standard InChI is InChI=1S/C9H18N2O2/c1-7(9(13)10-3)5-11(4)6-8(2)12/h7H,5-6H2,1-4H3,(H,10,13). The minimum atomic E-state index is -0.0747. The first kappa shape index (κ1) is 12.1. The van der Waals surface area contributed by atoms with Gasteiger partial charge in [0.2, 0.25) is 5.91 Å². The number of nitrogens with one attached hydrogen (secondary N) is 1. The molecule has 0 saturated carbocycles. The van der Waals surface area contributed by atoms with Gasteiger partial charge in [0, 0.05) is 19.5 Å². The number of hydrogen-bond acceptors (Lipinski definition) is 3. The maximum atomic E-state index is 11.1. The minimum Gasteiger partial charge on any atom is -0.359 e. The molecule has 4 nitrogen and oxygen atoms in total. The van der Waals surface area contributed by atoms with Gasteiger partial charge in [0.1, 0.15) is 5.78 Å². The molecule has 0 fully saturated rings. The van der Waals surface area contributed by atoms with Crippen molar-refractivity contribution in [2.45, 2.75) is 13.8 Å². The number of ketones is 1. The van der Waals surface area contributed by atoms with Crippen molar-refractivity contribution in [2.24, 2.45) is 5.92 Å². The summed E-state index contributed by atoms with van der Waals surface area (Å²) in [7, 11) is 3.45. The largest absolute Gasteiger partial charge is 0.359 e. The van der Waals surface area contributed by atoms with E-state index in [1.165, 1.54) is 0 Å². The van der Waals surface area contributed by atoms with Gasteiger partial charge in [-0.3, -0.25) is 14.5 Å². The number of likely N-dealkylation sites (N-methyl/N-ethyl adjacent to an activating group) is 1. The molecule has 0 aliphatic carbocycles. The highest BCUT2D eigenvalue weighted by Crippen LogP contribution is 1.97. The number of carbonyl (C=O) groups is 2. The van der Waals surface area contributed by atoms with Gasteiger partial charge in [-0.05, 0) is 14.0 Å². The van der Waals surface area contributed by atoms with E-state index in [-0.39, 0.29) is 17.6 Å². The fraction of sp³-hybridized carbons (Fsp3) is 0.778. The van der Waals surface area contributed by atoms with Crippen molar-refractivity contribution in [3.63, 3.8) is 0 Å². The minimum absolute atomic E-state index is 0.00963. The lowest BCUT2D eigenvalue weighted by Gasteiger charge is -2.18. The third-order valence-corrected chi connectivity index (χ3v) is 1.77. The number of carbonyl (C=O) groups excluding carboxylic acids is 2. The lowest BCUT2D eigenvalue weighted by Crippen LogP contribution is -2.36. The topological polar surface area (TPSA) is 49.4 Å². The maximum Gasteiger partial charge on any atom is 0.223 e. The second kappa shape index (κ2) is 5.70. The monoisotopic (exact) mass is 186 g/mol. The fourth-order valence-corrected chi connectivity index (χ4v) is 1.24. The quantitative estimate of drug-likeness (QED) is 0.651. The molecule has 0 radical (unpaired) electrons. The second-order valence-corrected chi connectivity index (χ2v) is 3.41. The number of hydrogen-bond donors (Lipinski definition) is 1. The van der Waals surface area contributed by atoms with E-state index in [0.29, 0.717) is 13.1 Å². The van der Waals surface area contributed by atoms with Gasteiger partial charge in [-0.1, -0.05) is 6.92 Å². The molecule has 0 spiro atoms. The maximum absolute atomic E-state index is 11.1. The van der Waals surface area contributed by atoms with Crippen molar-refractivity contribution in [3.8, 4) is 0 Å². The van der Waals surface area contributed by atoms with E-state index in [2.05, 4.69) is 5.32 Å². The lowest BCUT2D eigenvalue weighted by atomic mass is 10.1. The Balaban J connectivity index is 3.83. The summed E-state index contributed by atoms with van der Waals surface area (Å²) < 4.78 is 0. The fourth-order valence-electron chi connectivity index (χ4n) is 1.24. The third-order valence-electron chi connectivity index (χ3n) is 1.77. The van der Waals surface area contributed by atoms with Gasteiger partial charge in [-0.2, -0.15) is 0 Å². The summed E-state index contributed by atoms with van der Waals surface area (Å²) in [6.07, 6.45) is 0. The average molecular weight is 186 g/mol. The molecule has 0 rings (SSSR count). The number of Topliss-reactive ketones (excluding diaryl/α,β-unsaturated/α-hetero) is 1. The predicted octanol–water partition coefficient (Wildman–Crippen LogP) is -0.111. The van der Waals surface area contributed by atoms with Crippen molar-refractivity contribution >= 4 is 11.7 Å². The average Bonchev–Trinajstić information content (AvgIpc) is 2.01. The lowest BCUT2D eigenvalue weighted by molar-refractivity contribution is -0.125. The van der Waals surface area contributed by atoms with Gasteiger partial charge in [-0.15, -0.1) is 0 Å². The van der Waals surface area contributed by atoms with Crippen molar-refractivity contribution in [3.05, 3.63) is 0 Å². The van der Waals surface area contributed by atoms with Crippen molar-refractivity contribution in [1.29, 1.82) is 0 Å². The van der Waals surface area contributed by atoms with Crippen LogP contribution < -0.4 is 5.32 Å². The molecular weight excluding hydrogens is 168 g/mol. The van der Waals surface area contributed by atoms with Crippen LogP contribution in [0.5, 0.6) is 0 Å². The van der Waals surface area contributed by atoms with Gasteiger partial charge in [0.05, 0.1) is 6.54 Å². The van der Waals surface area contributed by atoms with Crippen molar-refractivity contribution in [2.75, 3.05) is 27.2 Å². The van der Waals surface area contributed by atoms with Crippen LogP contribution >= 0.6 is 0 Å². The van der Waals surface area contributed by atoms with Crippen LogP contribution in [-0.2, 0) is 9.59 Å². The van der Waals surface area contributed by atoms with E-state index < -0.39 is 0 Å². The predicted molar refractivity (Wildman–Crippen MR) is 51.4 cm³/mol. The van der Waals surface area contributed by atoms with Crippen molar-refractivity contribution < 1.29 is 9.59 Å². The van der Waals surface area contributed by atoms with Gasteiger partial charge in [0.15, 0.2) is 0 Å². The summed E-state index contributed by atoms with van der Waals surface area (Å²) in [6, 6.07) is 0. The zero-order chi connectivity index (χ0) is 10.4. The third kappa shape index (κ3) is 5.36. The summed E-state index contributed by atoms with van der Waals surface area (Å²) in [5.41, 5.74) is 0. The molecule has 0 aromatic heterocycles. The molecule has 0 aliphatic heterocycles. The number of rotatable bonds is 5. The molecule has 0 saturated heterocycles. The van der Waals surface area contributed by atoms with Gasteiger partial charge < -0.3 is 5.32 Å². The van der Waals surface area contributed by atoms with Crippen LogP contribution in [0.1, 0.15) is 13.8 Å². The van der Waals surface area contributed by atoms with E-state index in [0.717, 1.165) is 0 Å². The highest BCUT2D eigenvalue weighted by atomic mass is 16.1. The van der Waals surface area contributed by atoms with E-state index in [1.807, 2.05) is 18.9 Å². The number of amides is 1. The molecule has 13 heavy (non-hydrogen) atoms. The molecule has 1 unspecified atom stereocenters. The molecule has 0 aliphatic rings. The zero-order valence-electron chi connectivity index (χ0n) is 8.76. The van der Waals surface area contributed by atoms with E-state index in [9.17, 15) is 9.59 Å². The van der Waals surface area contributed by atoms with Crippen LogP contribution in [0.2, 0.25) is 0 Å². The Labute approximate surface area is 79.3 Å². The first-order valence-electron chi connectivity index (χ1n) is 4.37. The Bertz CT molecular complexity index is 192. The zero-order valence-corrected chi connectivity index (χ0v) is 8.76. The molecule has 0 bridgehead atoms. The van der Waals surface area contributed by atoms with Crippen LogP contribution in [0.15, 0.2) is 0 Å². The van der Waals surface area contributed by atoms with Crippen LogP contribution in [-0.4, -0.2) is 43.8 Å². The molecule has 1 N–H and O–H groups in total. The Morgan fingerprint density at radius 2 is 2.00 bits per heavy atom. The smallest absolute Gasteiger partial charge is 0.223 e. The summed E-state index contributed by atoms with van der Waals surface area (Å²) in [6.45, 7) is 4.40.